The number of hydrogen-bond donors (Lipinski definition) is 1. The largest absolute Gasteiger partial charge is 0.507 e. The molecule has 2 aromatic carbocycles. The predicted molar refractivity (Wildman–Crippen MR) is 81.2 cm³/mol. The van der Waals surface area contributed by atoms with Crippen molar-refractivity contribution in [1.82, 2.24) is 0 Å². The van der Waals surface area contributed by atoms with Gasteiger partial charge in [0, 0.05) is 6.42 Å². The van der Waals surface area contributed by atoms with E-state index in [1.807, 2.05) is 13.0 Å². The first-order valence-corrected chi connectivity index (χ1v) is 7.06. The number of carbonyl (C=O) groups excluding carboxylic acids is 1. The van der Waals surface area contributed by atoms with Gasteiger partial charge in [-0.3, -0.25) is 4.79 Å². The third-order valence-corrected chi connectivity index (χ3v) is 4.03. The molecule has 1 aliphatic heterocycles. The number of ether oxygens (including phenoxy) is 1. The van der Waals surface area contributed by atoms with Crippen molar-refractivity contribution in [2.45, 2.75) is 33.3 Å². The van der Waals surface area contributed by atoms with Crippen molar-refractivity contribution in [2.75, 3.05) is 0 Å². The molecule has 0 amide bonds. The van der Waals surface area contributed by atoms with E-state index in [2.05, 4.69) is 26.0 Å². The highest BCUT2D eigenvalue weighted by atomic mass is 16.5. The van der Waals surface area contributed by atoms with E-state index in [1.54, 1.807) is 12.1 Å². The van der Waals surface area contributed by atoms with Gasteiger partial charge in [0.2, 0.25) is 5.78 Å². The lowest BCUT2D eigenvalue weighted by Crippen LogP contribution is -2.23. The van der Waals surface area contributed by atoms with E-state index in [1.165, 1.54) is 11.1 Å². The summed E-state index contributed by atoms with van der Waals surface area (Å²) in [5, 5.41) is 9.95. The van der Waals surface area contributed by atoms with Crippen LogP contribution in [0.1, 0.15) is 32.6 Å². The van der Waals surface area contributed by atoms with Gasteiger partial charge in [-0.2, -0.15) is 0 Å². The fourth-order valence-corrected chi connectivity index (χ4v) is 2.72. The molecular formula is C18H18O3. The smallest absolute Gasteiger partial charge is 0.211 e. The predicted octanol–water partition coefficient (Wildman–Crippen LogP) is 3.50. The summed E-state index contributed by atoms with van der Waals surface area (Å²) in [7, 11) is 0. The van der Waals surface area contributed by atoms with Crippen molar-refractivity contribution in [3.05, 3.63) is 58.1 Å². The Morgan fingerprint density at radius 2 is 1.86 bits per heavy atom. The van der Waals surface area contributed by atoms with E-state index in [4.69, 9.17) is 4.74 Å². The topological polar surface area (TPSA) is 46.5 Å². The zero-order chi connectivity index (χ0) is 15.1. The van der Waals surface area contributed by atoms with Crippen LogP contribution in [-0.4, -0.2) is 17.0 Å². The highest BCUT2D eigenvalue weighted by Gasteiger charge is 2.35. The van der Waals surface area contributed by atoms with Crippen LogP contribution in [-0.2, 0) is 6.42 Å². The first-order valence-electron chi connectivity index (χ1n) is 7.06. The summed E-state index contributed by atoms with van der Waals surface area (Å²) in [4.78, 5) is 12.4. The fraction of sp³-hybridized carbons (Fsp3) is 0.278. The summed E-state index contributed by atoms with van der Waals surface area (Å²) in [6, 6.07) is 9.55. The number of phenols is 1. The monoisotopic (exact) mass is 282 g/mol. The molecule has 108 valence electrons. The number of rotatable bonds is 2. The number of fused-ring (bicyclic) bond motifs is 1. The third-order valence-electron chi connectivity index (χ3n) is 4.03. The maximum Gasteiger partial charge on any atom is 0.211 e. The molecule has 2 aromatic rings. The van der Waals surface area contributed by atoms with E-state index in [0.29, 0.717) is 17.7 Å². The lowest BCUT2D eigenvalue weighted by Gasteiger charge is -2.11. The Morgan fingerprint density at radius 1 is 1.10 bits per heavy atom. The van der Waals surface area contributed by atoms with Crippen LogP contribution in [0.15, 0.2) is 30.3 Å². The van der Waals surface area contributed by atoms with Crippen molar-refractivity contribution in [3.63, 3.8) is 0 Å². The zero-order valence-corrected chi connectivity index (χ0v) is 12.4. The maximum atomic E-state index is 12.4. The van der Waals surface area contributed by atoms with Crippen molar-refractivity contribution < 1.29 is 14.6 Å². The molecular weight excluding hydrogens is 264 g/mol. The van der Waals surface area contributed by atoms with Crippen LogP contribution >= 0.6 is 0 Å². The van der Waals surface area contributed by atoms with E-state index in [-0.39, 0.29) is 11.5 Å². The molecule has 0 fully saturated rings. The van der Waals surface area contributed by atoms with E-state index >= 15 is 0 Å². The van der Waals surface area contributed by atoms with Crippen LogP contribution in [0, 0.1) is 20.8 Å². The molecule has 0 radical (unpaired) electrons. The number of ketones is 1. The Hall–Kier alpha value is -2.29. The van der Waals surface area contributed by atoms with Gasteiger partial charge < -0.3 is 9.84 Å². The van der Waals surface area contributed by atoms with Crippen molar-refractivity contribution in [2.24, 2.45) is 0 Å². The highest BCUT2D eigenvalue weighted by Crippen LogP contribution is 2.37. The van der Waals surface area contributed by atoms with Crippen LogP contribution in [0.2, 0.25) is 0 Å². The average molecular weight is 282 g/mol. The molecule has 0 bridgehead atoms. The first-order chi connectivity index (χ1) is 9.95. The second-order valence-corrected chi connectivity index (χ2v) is 5.75. The first kappa shape index (κ1) is 13.7. The molecule has 0 aromatic heterocycles. The van der Waals surface area contributed by atoms with Gasteiger partial charge in [-0.15, -0.1) is 0 Å². The molecule has 0 saturated carbocycles. The molecule has 21 heavy (non-hydrogen) atoms. The van der Waals surface area contributed by atoms with Gasteiger partial charge in [0.05, 0.1) is 0 Å². The number of Topliss-reactive ketones (excluding diaryl/α,β-unsaturated/α-hetero) is 1. The summed E-state index contributed by atoms with van der Waals surface area (Å²) >= 11 is 0. The summed E-state index contributed by atoms with van der Waals surface area (Å²) in [6.45, 7) is 5.98. The summed E-state index contributed by atoms with van der Waals surface area (Å²) < 4.78 is 5.75. The van der Waals surface area contributed by atoms with Gasteiger partial charge in [0.15, 0.2) is 6.10 Å². The summed E-state index contributed by atoms with van der Waals surface area (Å²) in [5.74, 6) is 0.365. The number of carbonyl (C=O) groups is 1. The molecule has 1 atom stereocenters. The van der Waals surface area contributed by atoms with Gasteiger partial charge in [0.25, 0.3) is 0 Å². The van der Waals surface area contributed by atoms with Crippen LogP contribution in [0.3, 0.4) is 0 Å². The molecule has 1 N–H and O–H groups in total. The number of benzene rings is 2. The average Bonchev–Trinajstić information content (AvgIpc) is 2.70. The van der Waals surface area contributed by atoms with Crippen LogP contribution < -0.4 is 4.74 Å². The Kier molecular flexibility index (Phi) is 3.20. The van der Waals surface area contributed by atoms with Gasteiger partial charge >= 0.3 is 0 Å². The highest BCUT2D eigenvalue weighted by molar-refractivity contribution is 6.07. The minimum atomic E-state index is -0.546. The Balaban J connectivity index is 1.88. The molecule has 1 unspecified atom stereocenters. The quantitative estimate of drug-likeness (QED) is 0.917. The summed E-state index contributed by atoms with van der Waals surface area (Å²) in [6.07, 6.45) is -0.0255. The lowest BCUT2D eigenvalue weighted by atomic mass is 9.98. The van der Waals surface area contributed by atoms with Gasteiger partial charge in [0.1, 0.15) is 17.1 Å². The number of phenolic OH excluding ortho intramolecular Hbond substituents is 1. The molecule has 1 heterocycles. The molecule has 0 aliphatic carbocycles. The Bertz CT molecular complexity index is 731. The molecule has 3 nitrogen and oxygen atoms in total. The van der Waals surface area contributed by atoms with Gasteiger partial charge in [-0.1, -0.05) is 18.2 Å². The molecule has 0 spiro atoms. The molecule has 3 heteroatoms. The van der Waals surface area contributed by atoms with Gasteiger partial charge in [-0.25, -0.2) is 0 Å². The summed E-state index contributed by atoms with van der Waals surface area (Å²) in [5.41, 5.74) is 4.70. The van der Waals surface area contributed by atoms with Gasteiger partial charge in [-0.05, 0) is 55.2 Å². The third kappa shape index (κ3) is 2.40. The minimum absolute atomic E-state index is 0.0117. The van der Waals surface area contributed by atoms with Crippen molar-refractivity contribution >= 4 is 5.78 Å². The standard InChI is InChI=1S/C18H18O3/c1-10-6-14(19)17-15(7-10)21-16(18(17)20)9-13-5-4-11(2)12(3)8-13/h4-8,16,19H,9H2,1-3H3. The minimum Gasteiger partial charge on any atom is -0.507 e. The Labute approximate surface area is 124 Å². The zero-order valence-electron chi connectivity index (χ0n) is 12.4. The van der Waals surface area contributed by atoms with Crippen molar-refractivity contribution in [1.29, 1.82) is 0 Å². The SMILES string of the molecule is Cc1cc(O)c2c(c1)OC(Cc1ccc(C)c(C)c1)C2=O. The van der Waals surface area contributed by atoms with E-state index in [0.717, 1.165) is 11.1 Å². The molecule has 0 saturated heterocycles. The normalized spacial score (nSPS) is 16.7. The van der Waals surface area contributed by atoms with Crippen LogP contribution in [0.4, 0.5) is 0 Å². The Morgan fingerprint density at radius 3 is 2.57 bits per heavy atom. The molecule has 3 rings (SSSR count). The van der Waals surface area contributed by atoms with Crippen LogP contribution in [0.5, 0.6) is 11.5 Å². The fourth-order valence-electron chi connectivity index (χ4n) is 2.72. The van der Waals surface area contributed by atoms with Crippen molar-refractivity contribution in [3.8, 4) is 11.5 Å². The second-order valence-electron chi connectivity index (χ2n) is 5.75. The second kappa shape index (κ2) is 4.92. The number of aromatic hydroxyl groups is 1. The maximum absolute atomic E-state index is 12.4. The van der Waals surface area contributed by atoms with E-state index in [9.17, 15) is 9.90 Å². The lowest BCUT2D eigenvalue weighted by molar-refractivity contribution is 0.0856. The number of hydrogen-bond acceptors (Lipinski definition) is 3. The van der Waals surface area contributed by atoms with E-state index < -0.39 is 6.10 Å². The number of aryl methyl sites for hydroxylation is 3. The van der Waals surface area contributed by atoms with Crippen LogP contribution in [0.25, 0.3) is 0 Å². The molecule has 1 aliphatic rings.